The second-order valence-corrected chi connectivity index (χ2v) is 5.46. The fourth-order valence-electron chi connectivity index (χ4n) is 2.53. The van der Waals surface area contributed by atoms with Crippen molar-refractivity contribution in [2.75, 3.05) is 0 Å². The van der Waals surface area contributed by atoms with Crippen molar-refractivity contribution in [1.29, 1.82) is 0 Å². The predicted octanol–water partition coefficient (Wildman–Crippen LogP) is 4.10. The van der Waals surface area contributed by atoms with Crippen LogP contribution in [0.3, 0.4) is 0 Å². The Bertz CT molecular complexity index is 212. The Morgan fingerprint density at radius 3 is 1.40 bits per heavy atom. The van der Waals surface area contributed by atoms with Gasteiger partial charge in [0.2, 0.25) is 0 Å². The molecule has 0 radical (unpaired) electrons. The molecule has 86 valence electrons. The number of nitrogens with zero attached hydrogens (tertiary/aromatic N) is 2. The summed E-state index contributed by atoms with van der Waals surface area (Å²) in [7, 11) is 0. The highest BCUT2D eigenvalue weighted by molar-refractivity contribution is 7.57. The Balaban J connectivity index is 1.77. The molecule has 0 bridgehead atoms. The fourth-order valence-corrected chi connectivity index (χ4v) is 3.28. The lowest BCUT2D eigenvalue weighted by atomic mass is 9.96. The molecule has 0 aromatic carbocycles. The number of rotatable bonds is 2. The van der Waals surface area contributed by atoms with Gasteiger partial charge in [-0.3, -0.25) is 0 Å². The van der Waals surface area contributed by atoms with Gasteiger partial charge in [-0.25, -0.2) is 8.73 Å². The number of hydrogen-bond acceptors (Lipinski definition) is 2. The lowest BCUT2D eigenvalue weighted by Crippen LogP contribution is -2.09. The summed E-state index contributed by atoms with van der Waals surface area (Å²) in [6, 6.07) is 1.21. The van der Waals surface area contributed by atoms with Gasteiger partial charge < -0.3 is 0 Å². The van der Waals surface area contributed by atoms with Crippen molar-refractivity contribution in [3.05, 3.63) is 0 Å². The Morgan fingerprint density at radius 2 is 1.00 bits per heavy atom. The zero-order valence-electron chi connectivity index (χ0n) is 9.53. The van der Waals surface area contributed by atoms with E-state index in [1.165, 1.54) is 75.6 Å². The summed E-state index contributed by atoms with van der Waals surface area (Å²) < 4.78 is 9.25. The van der Waals surface area contributed by atoms with Crippen LogP contribution in [0.15, 0.2) is 8.73 Å². The molecule has 3 heteroatoms. The molecular weight excluding hydrogens is 204 g/mol. The minimum atomic E-state index is 0.607. The van der Waals surface area contributed by atoms with E-state index in [1.54, 1.807) is 0 Å². The van der Waals surface area contributed by atoms with E-state index >= 15 is 0 Å². The molecule has 2 nitrogen and oxygen atoms in total. The van der Waals surface area contributed by atoms with Gasteiger partial charge in [0.05, 0.1) is 23.4 Å². The molecule has 0 heterocycles. The normalized spacial score (nSPS) is 24.8. The molecule has 0 atom stereocenters. The van der Waals surface area contributed by atoms with Crippen molar-refractivity contribution >= 4 is 11.4 Å². The molecule has 2 aliphatic rings. The summed E-state index contributed by atoms with van der Waals surface area (Å²) in [5.74, 6) is 0. The third-order valence-electron chi connectivity index (χ3n) is 3.54. The van der Waals surface area contributed by atoms with Gasteiger partial charge in [0, 0.05) is 0 Å². The first-order chi connectivity index (χ1) is 7.45. The van der Waals surface area contributed by atoms with Gasteiger partial charge in [-0.15, -0.1) is 0 Å². The molecule has 0 aromatic rings. The molecule has 15 heavy (non-hydrogen) atoms. The van der Waals surface area contributed by atoms with E-state index in [0.29, 0.717) is 12.1 Å². The van der Waals surface area contributed by atoms with Crippen molar-refractivity contribution in [2.45, 2.75) is 76.3 Å². The van der Waals surface area contributed by atoms with Crippen LogP contribution in [0.25, 0.3) is 0 Å². The maximum absolute atomic E-state index is 4.63. The molecule has 0 unspecified atom stereocenters. The molecule has 0 spiro atoms. The van der Waals surface area contributed by atoms with E-state index in [-0.39, 0.29) is 0 Å². The van der Waals surface area contributed by atoms with E-state index in [1.807, 2.05) is 0 Å². The standard InChI is InChI=1S/C12H22N2S/c1-3-7-11(8-4-1)13-15-14-12-9-5-2-6-10-12/h11-12H,1-10H2. The van der Waals surface area contributed by atoms with E-state index < -0.39 is 0 Å². The van der Waals surface area contributed by atoms with Crippen LogP contribution in [-0.2, 0) is 11.4 Å². The van der Waals surface area contributed by atoms with Crippen molar-refractivity contribution in [1.82, 2.24) is 0 Å². The second-order valence-electron chi connectivity index (χ2n) is 4.88. The SMILES string of the molecule is C1CCC(N=S=NC2CCCCC2)CC1. The summed E-state index contributed by atoms with van der Waals surface area (Å²) in [5, 5.41) is 0. The number of hydrogen-bond donors (Lipinski definition) is 0. The van der Waals surface area contributed by atoms with Crippen molar-refractivity contribution in [3.63, 3.8) is 0 Å². The van der Waals surface area contributed by atoms with E-state index in [9.17, 15) is 0 Å². The van der Waals surface area contributed by atoms with Crippen LogP contribution in [-0.4, -0.2) is 12.1 Å². The van der Waals surface area contributed by atoms with Crippen LogP contribution in [0, 0.1) is 0 Å². The van der Waals surface area contributed by atoms with Crippen molar-refractivity contribution in [3.8, 4) is 0 Å². The van der Waals surface area contributed by atoms with E-state index in [4.69, 9.17) is 0 Å². The summed E-state index contributed by atoms with van der Waals surface area (Å²) in [6.45, 7) is 0. The Morgan fingerprint density at radius 1 is 0.600 bits per heavy atom. The highest BCUT2D eigenvalue weighted by atomic mass is 32.1. The van der Waals surface area contributed by atoms with Crippen molar-refractivity contribution in [2.24, 2.45) is 8.73 Å². The molecule has 2 saturated carbocycles. The van der Waals surface area contributed by atoms with Crippen LogP contribution >= 0.6 is 0 Å². The fraction of sp³-hybridized carbons (Fsp3) is 1.00. The Kier molecular flexibility index (Phi) is 4.84. The van der Waals surface area contributed by atoms with Crippen LogP contribution in [0.4, 0.5) is 0 Å². The highest BCUT2D eigenvalue weighted by Crippen LogP contribution is 2.21. The van der Waals surface area contributed by atoms with Gasteiger partial charge in [0.25, 0.3) is 0 Å². The molecular formula is C12H22N2S. The summed E-state index contributed by atoms with van der Waals surface area (Å²) in [4.78, 5) is 0. The topological polar surface area (TPSA) is 24.7 Å². The maximum atomic E-state index is 4.63. The van der Waals surface area contributed by atoms with Crippen LogP contribution < -0.4 is 0 Å². The Hall–Kier alpha value is -0.180. The molecule has 2 fully saturated rings. The lowest BCUT2D eigenvalue weighted by molar-refractivity contribution is 0.443. The van der Waals surface area contributed by atoms with Gasteiger partial charge >= 0.3 is 0 Å². The average Bonchev–Trinajstić information content (AvgIpc) is 2.32. The molecule has 0 N–H and O–H groups in total. The van der Waals surface area contributed by atoms with Gasteiger partial charge in [0.1, 0.15) is 0 Å². The van der Waals surface area contributed by atoms with Crippen molar-refractivity contribution < 1.29 is 0 Å². The van der Waals surface area contributed by atoms with E-state index in [0.717, 1.165) is 0 Å². The van der Waals surface area contributed by atoms with Gasteiger partial charge in [-0.2, -0.15) is 0 Å². The maximum Gasteiger partial charge on any atom is 0.0637 e. The molecule has 0 amide bonds. The summed E-state index contributed by atoms with van der Waals surface area (Å²) >= 11 is 1.52. The highest BCUT2D eigenvalue weighted by Gasteiger charge is 2.12. The molecule has 0 saturated heterocycles. The molecule has 0 aliphatic heterocycles. The first kappa shape index (κ1) is 11.3. The minimum Gasteiger partial charge on any atom is -0.210 e. The third-order valence-corrected chi connectivity index (χ3v) is 4.33. The lowest BCUT2D eigenvalue weighted by Gasteiger charge is -2.16. The third kappa shape index (κ3) is 4.06. The predicted molar refractivity (Wildman–Crippen MR) is 66.0 cm³/mol. The smallest absolute Gasteiger partial charge is 0.0637 e. The van der Waals surface area contributed by atoms with Gasteiger partial charge in [-0.1, -0.05) is 38.5 Å². The van der Waals surface area contributed by atoms with Gasteiger partial charge in [0.15, 0.2) is 0 Å². The average molecular weight is 226 g/mol. The van der Waals surface area contributed by atoms with Crippen LogP contribution in [0.5, 0.6) is 0 Å². The molecule has 0 aromatic heterocycles. The summed E-state index contributed by atoms with van der Waals surface area (Å²) in [5.41, 5.74) is 0. The minimum absolute atomic E-state index is 0.607. The molecule has 2 aliphatic carbocycles. The quantitative estimate of drug-likeness (QED) is 0.677. The zero-order valence-corrected chi connectivity index (χ0v) is 10.3. The first-order valence-electron chi connectivity index (χ1n) is 6.51. The summed E-state index contributed by atoms with van der Waals surface area (Å²) in [6.07, 6.45) is 13.5. The van der Waals surface area contributed by atoms with Gasteiger partial charge in [-0.05, 0) is 25.7 Å². The second kappa shape index (κ2) is 6.41. The Labute approximate surface area is 96.7 Å². The molecule has 2 rings (SSSR count). The van der Waals surface area contributed by atoms with E-state index in [2.05, 4.69) is 8.73 Å². The zero-order chi connectivity index (χ0) is 10.3. The van der Waals surface area contributed by atoms with Crippen LogP contribution in [0.2, 0.25) is 0 Å². The van der Waals surface area contributed by atoms with Crippen LogP contribution in [0.1, 0.15) is 64.2 Å². The first-order valence-corrected chi connectivity index (χ1v) is 7.24. The monoisotopic (exact) mass is 226 g/mol. The largest absolute Gasteiger partial charge is 0.210 e.